The van der Waals surface area contributed by atoms with Crippen LogP contribution in [0.5, 0.6) is 5.75 Å². The highest BCUT2D eigenvalue weighted by Gasteiger charge is 2.32. The van der Waals surface area contributed by atoms with Crippen molar-refractivity contribution in [2.75, 3.05) is 6.61 Å². The Bertz CT molecular complexity index is 455. The molecule has 0 aromatic heterocycles. The molecule has 1 aliphatic carbocycles. The molecule has 1 amide bonds. The van der Waals surface area contributed by atoms with Crippen molar-refractivity contribution >= 4 is 5.91 Å². The fourth-order valence-corrected chi connectivity index (χ4v) is 2.29. The van der Waals surface area contributed by atoms with Crippen LogP contribution in [0.2, 0.25) is 0 Å². The first-order valence-electron chi connectivity index (χ1n) is 6.89. The standard InChI is InChI=1S/C15H21NO3/c1-2-10-3-6-14(18)12(9-10)15(19)16-13(7-8-17)11-4-5-11/h3,6,9,11,13,17-18H,2,4-5,7-8H2,1H3,(H,16,19). The summed E-state index contributed by atoms with van der Waals surface area (Å²) in [5, 5.41) is 21.7. The molecule has 0 saturated heterocycles. The van der Waals surface area contributed by atoms with Crippen molar-refractivity contribution in [1.29, 1.82) is 0 Å². The van der Waals surface area contributed by atoms with Gasteiger partial charge in [-0.05, 0) is 49.3 Å². The Morgan fingerprint density at radius 2 is 2.21 bits per heavy atom. The molecule has 1 aromatic rings. The highest BCUT2D eigenvalue weighted by molar-refractivity contribution is 5.97. The highest BCUT2D eigenvalue weighted by atomic mass is 16.3. The summed E-state index contributed by atoms with van der Waals surface area (Å²) in [7, 11) is 0. The number of carbonyl (C=O) groups excluding carboxylic acids is 1. The van der Waals surface area contributed by atoms with E-state index in [-0.39, 0.29) is 24.3 Å². The van der Waals surface area contributed by atoms with Gasteiger partial charge in [0.05, 0.1) is 5.56 Å². The fraction of sp³-hybridized carbons (Fsp3) is 0.533. The molecule has 1 aliphatic rings. The number of hydrogen-bond donors (Lipinski definition) is 3. The van der Waals surface area contributed by atoms with Crippen LogP contribution in [0.25, 0.3) is 0 Å². The summed E-state index contributed by atoms with van der Waals surface area (Å²) in [4.78, 5) is 12.2. The van der Waals surface area contributed by atoms with Crippen molar-refractivity contribution in [2.24, 2.45) is 5.92 Å². The summed E-state index contributed by atoms with van der Waals surface area (Å²) in [5.74, 6) is 0.235. The predicted molar refractivity (Wildman–Crippen MR) is 73.2 cm³/mol. The van der Waals surface area contributed by atoms with Crippen LogP contribution in [0.15, 0.2) is 18.2 Å². The minimum Gasteiger partial charge on any atom is -0.507 e. The van der Waals surface area contributed by atoms with E-state index in [1.54, 1.807) is 12.1 Å². The molecule has 1 saturated carbocycles. The molecule has 0 aliphatic heterocycles. The molecule has 4 heteroatoms. The van der Waals surface area contributed by atoms with Crippen LogP contribution in [0.3, 0.4) is 0 Å². The number of hydrogen-bond acceptors (Lipinski definition) is 3. The van der Waals surface area contributed by atoms with E-state index in [0.29, 0.717) is 17.9 Å². The van der Waals surface area contributed by atoms with Crippen LogP contribution in [-0.4, -0.2) is 28.8 Å². The second kappa shape index (κ2) is 6.06. The smallest absolute Gasteiger partial charge is 0.255 e. The minimum atomic E-state index is -0.252. The molecular formula is C15H21NO3. The Morgan fingerprint density at radius 3 is 2.79 bits per heavy atom. The van der Waals surface area contributed by atoms with E-state index < -0.39 is 0 Å². The molecule has 3 N–H and O–H groups in total. The van der Waals surface area contributed by atoms with E-state index in [2.05, 4.69) is 5.32 Å². The zero-order chi connectivity index (χ0) is 13.8. The van der Waals surface area contributed by atoms with Gasteiger partial charge in [0.1, 0.15) is 5.75 Å². The fourth-order valence-electron chi connectivity index (χ4n) is 2.29. The maximum absolute atomic E-state index is 12.2. The van der Waals surface area contributed by atoms with Crippen molar-refractivity contribution in [1.82, 2.24) is 5.32 Å². The lowest BCUT2D eigenvalue weighted by atomic mass is 10.1. The summed E-state index contributed by atoms with van der Waals surface area (Å²) in [5.41, 5.74) is 1.34. The number of aryl methyl sites for hydroxylation is 1. The van der Waals surface area contributed by atoms with Crippen LogP contribution in [0.4, 0.5) is 0 Å². The molecule has 0 spiro atoms. The van der Waals surface area contributed by atoms with E-state index in [0.717, 1.165) is 24.8 Å². The lowest BCUT2D eigenvalue weighted by molar-refractivity contribution is 0.0921. The van der Waals surface area contributed by atoms with E-state index in [1.165, 1.54) is 0 Å². The molecule has 1 fully saturated rings. The van der Waals surface area contributed by atoms with Crippen molar-refractivity contribution in [2.45, 2.75) is 38.6 Å². The second-order valence-corrected chi connectivity index (χ2v) is 5.13. The average molecular weight is 263 g/mol. The van der Waals surface area contributed by atoms with E-state index in [1.807, 2.05) is 13.0 Å². The maximum atomic E-state index is 12.2. The van der Waals surface area contributed by atoms with E-state index in [9.17, 15) is 9.90 Å². The molecule has 2 rings (SSSR count). The van der Waals surface area contributed by atoms with Gasteiger partial charge in [-0.3, -0.25) is 4.79 Å². The van der Waals surface area contributed by atoms with Gasteiger partial charge in [-0.25, -0.2) is 0 Å². The Morgan fingerprint density at radius 1 is 1.47 bits per heavy atom. The molecule has 0 radical (unpaired) electrons. The van der Waals surface area contributed by atoms with Crippen molar-refractivity contribution in [3.63, 3.8) is 0 Å². The Kier molecular flexibility index (Phi) is 4.43. The van der Waals surface area contributed by atoms with Gasteiger partial charge in [0.25, 0.3) is 5.91 Å². The first-order valence-corrected chi connectivity index (χ1v) is 6.89. The Labute approximate surface area is 113 Å². The van der Waals surface area contributed by atoms with Gasteiger partial charge in [-0.15, -0.1) is 0 Å². The molecule has 19 heavy (non-hydrogen) atoms. The second-order valence-electron chi connectivity index (χ2n) is 5.13. The zero-order valence-electron chi connectivity index (χ0n) is 11.2. The largest absolute Gasteiger partial charge is 0.507 e. The Balaban J connectivity index is 2.09. The summed E-state index contributed by atoms with van der Waals surface area (Å²) < 4.78 is 0. The highest BCUT2D eigenvalue weighted by Crippen LogP contribution is 2.34. The zero-order valence-corrected chi connectivity index (χ0v) is 11.2. The third kappa shape index (κ3) is 3.47. The first-order chi connectivity index (χ1) is 9.15. The number of nitrogens with one attached hydrogen (secondary N) is 1. The number of aliphatic hydroxyl groups is 1. The van der Waals surface area contributed by atoms with Crippen LogP contribution in [0.1, 0.15) is 42.1 Å². The first kappa shape index (κ1) is 13.9. The molecule has 1 unspecified atom stereocenters. The summed E-state index contributed by atoms with van der Waals surface area (Å²) in [6.07, 6.45) is 3.60. The third-order valence-electron chi connectivity index (χ3n) is 3.66. The number of aromatic hydroxyl groups is 1. The lowest BCUT2D eigenvalue weighted by Gasteiger charge is -2.17. The van der Waals surface area contributed by atoms with E-state index in [4.69, 9.17) is 5.11 Å². The van der Waals surface area contributed by atoms with Gasteiger partial charge in [-0.1, -0.05) is 13.0 Å². The third-order valence-corrected chi connectivity index (χ3v) is 3.66. The van der Waals surface area contributed by atoms with Gasteiger partial charge in [-0.2, -0.15) is 0 Å². The normalized spacial score (nSPS) is 16.1. The predicted octanol–water partition coefficient (Wildman–Crippen LogP) is 1.85. The van der Waals surface area contributed by atoms with Gasteiger partial charge < -0.3 is 15.5 Å². The number of amides is 1. The quantitative estimate of drug-likeness (QED) is 0.733. The van der Waals surface area contributed by atoms with Crippen LogP contribution in [-0.2, 0) is 6.42 Å². The summed E-state index contributed by atoms with van der Waals surface area (Å²) in [6.45, 7) is 2.08. The summed E-state index contributed by atoms with van der Waals surface area (Å²) in [6, 6.07) is 5.12. The molecule has 1 aromatic carbocycles. The topological polar surface area (TPSA) is 69.6 Å². The van der Waals surface area contributed by atoms with Crippen molar-refractivity contribution in [3.05, 3.63) is 29.3 Å². The van der Waals surface area contributed by atoms with Gasteiger partial charge in [0.2, 0.25) is 0 Å². The number of phenolic OH excluding ortho intramolecular Hbond substituents is 1. The SMILES string of the molecule is CCc1ccc(O)c(C(=O)NC(CCO)C2CC2)c1. The number of carbonyl (C=O) groups is 1. The molecule has 104 valence electrons. The van der Waals surface area contributed by atoms with Crippen LogP contribution < -0.4 is 5.32 Å². The van der Waals surface area contributed by atoms with Crippen LogP contribution >= 0.6 is 0 Å². The van der Waals surface area contributed by atoms with Gasteiger partial charge in [0.15, 0.2) is 0 Å². The summed E-state index contributed by atoms with van der Waals surface area (Å²) >= 11 is 0. The molecule has 1 atom stereocenters. The molecule has 4 nitrogen and oxygen atoms in total. The lowest BCUT2D eigenvalue weighted by Crippen LogP contribution is -2.37. The van der Waals surface area contributed by atoms with E-state index >= 15 is 0 Å². The molecule has 0 heterocycles. The molecular weight excluding hydrogens is 242 g/mol. The monoisotopic (exact) mass is 263 g/mol. The van der Waals surface area contributed by atoms with Crippen molar-refractivity contribution in [3.8, 4) is 5.75 Å². The number of aliphatic hydroxyl groups excluding tert-OH is 1. The number of benzene rings is 1. The Hall–Kier alpha value is -1.55. The van der Waals surface area contributed by atoms with Crippen molar-refractivity contribution < 1.29 is 15.0 Å². The minimum absolute atomic E-state index is 0.00763. The average Bonchev–Trinajstić information content (AvgIpc) is 3.23. The maximum Gasteiger partial charge on any atom is 0.255 e. The van der Waals surface area contributed by atoms with Gasteiger partial charge >= 0.3 is 0 Å². The van der Waals surface area contributed by atoms with Gasteiger partial charge in [0, 0.05) is 12.6 Å². The van der Waals surface area contributed by atoms with Crippen LogP contribution in [0, 0.1) is 5.92 Å². The molecule has 0 bridgehead atoms. The number of rotatable bonds is 6. The number of phenols is 1.